The van der Waals surface area contributed by atoms with E-state index in [0.29, 0.717) is 34.5 Å². The lowest BCUT2D eigenvalue weighted by Crippen LogP contribution is -2.39. The molecule has 6 heteroatoms. The minimum atomic E-state index is -0.312. The maximum absolute atomic E-state index is 13.7. The molecule has 0 N–H and O–H groups in total. The summed E-state index contributed by atoms with van der Waals surface area (Å²) in [5.41, 5.74) is 3.01. The fourth-order valence-electron chi connectivity index (χ4n) is 4.39. The summed E-state index contributed by atoms with van der Waals surface area (Å²) in [6, 6.07) is 12.7. The van der Waals surface area contributed by atoms with Gasteiger partial charge in [-0.2, -0.15) is 0 Å². The molecule has 1 saturated heterocycles. The summed E-state index contributed by atoms with van der Waals surface area (Å²) in [6.45, 7) is 8.08. The zero-order chi connectivity index (χ0) is 22.1. The lowest BCUT2D eigenvalue weighted by molar-refractivity contribution is -0.120. The van der Waals surface area contributed by atoms with Gasteiger partial charge in [0.1, 0.15) is 11.4 Å². The number of nitrogens with zero attached hydrogens (tertiary/aromatic N) is 2. The molecule has 2 aromatic carbocycles. The largest absolute Gasteiger partial charge is 0.494 e. The number of carbonyl (C=O) groups is 2. The Kier molecular flexibility index (Phi) is 6.05. The van der Waals surface area contributed by atoms with Gasteiger partial charge in [0.05, 0.1) is 17.9 Å². The van der Waals surface area contributed by atoms with Crippen molar-refractivity contribution in [2.24, 2.45) is 5.92 Å². The van der Waals surface area contributed by atoms with Crippen molar-refractivity contribution in [1.29, 1.82) is 0 Å². The van der Waals surface area contributed by atoms with Crippen LogP contribution in [0.4, 0.5) is 5.69 Å². The van der Waals surface area contributed by atoms with Gasteiger partial charge < -0.3 is 9.64 Å². The fourth-order valence-corrected chi connectivity index (χ4v) is 4.56. The van der Waals surface area contributed by atoms with Crippen LogP contribution in [0.15, 0.2) is 48.2 Å². The molecule has 4 rings (SSSR count). The second kappa shape index (κ2) is 8.75. The second-order valence-corrected chi connectivity index (χ2v) is 8.69. The normalized spacial score (nSPS) is 19.4. The summed E-state index contributed by atoms with van der Waals surface area (Å²) in [6.07, 6.45) is 2.13. The molecular weight excluding hydrogens is 412 g/mol. The Morgan fingerprint density at radius 1 is 1.10 bits per heavy atom. The van der Waals surface area contributed by atoms with Crippen molar-refractivity contribution in [3.05, 3.63) is 64.3 Å². The number of ether oxygens (including phenoxy) is 1. The average Bonchev–Trinajstić information content (AvgIpc) is 3.01. The van der Waals surface area contributed by atoms with Crippen LogP contribution in [0.5, 0.6) is 5.75 Å². The number of halogens is 1. The summed E-state index contributed by atoms with van der Waals surface area (Å²) in [7, 11) is 0. The third kappa shape index (κ3) is 4.07. The Morgan fingerprint density at radius 3 is 2.52 bits per heavy atom. The van der Waals surface area contributed by atoms with Gasteiger partial charge in [0.2, 0.25) is 0 Å². The SMILES string of the molecule is CCOc1ccc(C2=C(N3CCCC(C)C3)C(=O)N(c3cc(Cl)ccc3C)C2=O)cc1. The number of hydrogen-bond acceptors (Lipinski definition) is 4. The molecule has 0 saturated carbocycles. The number of benzene rings is 2. The number of aryl methyl sites for hydroxylation is 1. The van der Waals surface area contributed by atoms with Crippen LogP contribution in [0.25, 0.3) is 5.57 Å². The van der Waals surface area contributed by atoms with E-state index in [1.165, 1.54) is 4.90 Å². The van der Waals surface area contributed by atoms with E-state index in [-0.39, 0.29) is 11.8 Å². The van der Waals surface area contributed by atoms with Gasteiger partial charge in [-0.1, -0.05) is 36.7 Å². The molecule has 1 atom stereocenters. The van der Waals surface area contributed by atoms with Gasteiger partial charge >= 0.3 is 0 Å². The standard InChI is InChI=1S/C25H27ClN2O3/c1-4-31-20-11-8-18(9-12-20)22-23(27-13-5-6-16(2)15-27)25(30)28(24(22)29)21-14-19(26)10-7-17(21)3/h7-12,14,16H,4-6,13,15H2,1-3H3. The maximum atomic E-state index is 13.7. The highest BCUT2D eigenvalue weighted by atomic mass is 35.5. The summed E-state index contributed by atoms with van der Waals surface area (Å²) >= 11 is 6.21. The number of amides is 2. The fraction of sp³-hybridized carbons (Fsp3) is 0.360. The van der Waals surface area contributed by atoms with E-state index in [2.05, 4.69) is 11.8 Å². The molecule has 0 aliphatic carbocycles. The van der Waals surface area contributed by atoms with Crippen LogP contribution in [-0.2, 0) is 9.59 Å². The van der Waals surface area contributed by atoms with Crippen molar-refractivity contribution in [3.8, 4) is 5.75 Å². The zero-order valence-electron chi connectivity index (χ0n) is 18.2. The number of hydrogen-bond donors (Lipinski definition) is 0. The van der Waals surface area contributed by atoms with Crippen molar-refractivity contribution in [2.45, 2.75) is 33.6 Å². The molecule has 2 aliphatic rings. The second-order valence-electron chi connectivity index (χ2n) is 8.25. The summed E-state index contributed by atoms with van der Waals surface area (Å²) in [4.78, 5) is 30.7. The van der Waals surface area contributed by atoms with Gasteiger partial charge in [-0.25, -0.2) is 4.90 Å². The van der Waals surface area contributed by atoms with E-state index in [1.807, 2.05) is 44.2 Å². The first kappa shape index (κ1) is 21.4. The number of rotatable bonds is 5. The third-order valence-electron chi connectivity index (χ3n) is 5.90. The van der Waals surface area contributed by atoms with Gasteiger partial charge in [-0.15, -0.1) is 0 Å². The lowest BCUT2D eigenvalue weighted by atomic mass is 9.97. The molecule has 0 bridgehead atoms. The molecule has 1 unspecified atom stereocenters. The van der Waals surface area contributed by atoms with E-state index in [4.69, 9.17) is 16.3 Å². The molecular formula is C25H27ClN2O3. The van der Waals surface area contributed by atoms with Gasteiger partial charge in [0, 0.05) is 18.1 Å². The molecule has 0 spiro atoms. The van der Waals surface area contributed by atoms with Crippen molar-refractivity contribution in [1.82, 2.24) is 4.90 Å². The van der Waals surface area contributed by atoms with E-state index >= 15 is 0 Å². The number of carbonyl (C=O) groups excluding carboxylic acids is 2. The zero-order valence-corrected chi connectivity index (χ0v) is 18.9. The number of likely N-dealkylation sites (tertiary alicyclic amines) is 1. The predicted octanol–water partition coefficient (Wildman–Crippen LogP) is 5.06. The van der Waals surface area contributed by atoms with Crippen LogP contribution >= 0.6 is 11.6 Å². The Bertz CT molecular complexity index is 1050. The molecule has 2 amide bonds. The van der Waals surface area contributed by atoms with Crippen molar-refractivity contribution in [3.63, 3.8) is 0 Å². The highest BCUT2D eigenvalue weighted by Gasteiger charge is 2.43. The highest BCUT2D eigenvalue weighted by Crippen LogP contribution is 2.38. The minimum Gasteiger partial charge on any atom is -0.494 e. The van der Waals surface area contributed by atoms with E-state index < -0.39 is 0 Å². The van der Waals surface area contributed by atoms with Gasteiger partial charge in [-0.3, -0.25) is 9.59 Å². The monoisotopic (exact) mass is 438 g/mol. The molecule has 2 heterocycles. The van der Waals surface area contributed by atoms with Crippen LogP contribution in [0, 0.1) is 12.8 Å². The van der Waals surface area contributed by atoms with Gasteiger partial charge in [0.15, 0.2) is 0 Å². The number of anilines is 1. The third-order valence-corrected chi connectivity index (χ3v) is 6.13. The summed E-state index contributed by atoms with van der Waals surface area (Å²) in [5, 5.41) is 0.490. The Balaban J connectivity index is 1.82. The minimum absolute atomic E-state index is 0.284. The first-order valence-corrected chi connectivity index (χ1v) is 11.2. The molecule has 162 valence electrons. The van der Waals surface area contributed by atoms with E-state index in [0.717, 1.165) is 42.8 Å². The highest BCUT2D eigenvalue weighted by molar-refractivity contribution is 6.45. The molecule has 0 radical (unpaired) electrons. The molecule has 1 fully saturated rings. The smallest absolute Gasteiger partial charge is 0.282 e. The van der Waals surface area contributed by atoms with Crippen LogP contribution in [0.2, 0.25) is 5.02 Å². The molecule has 5 nitrogen and oxygen atoms in total. The first-order chi connectivity index (χ1) is 14.9. The Hall–Kier alpha value is -2.79. The summed E-state index contributed by atoms with van der Waals surface area (Å²) in [5.74, 6) is 0.605. The van der Waals surface area contributed by atoms with Crippen LogP contribution < -0.4 is 9.64 Å². The van der Waals surface area contributed by atoms with Gasteiger partial charge in [-0.05, 0) is 68.0 Å². The topological polar surface area (TPSA) is 49.9 Å². The average molecular weight is 439 g/mol. The summed E-state index contributed by atoms with van der Waals surface area (Å²) < 4.78 is 5.54. The lowest BCUT2D eigenvalue weighted by Gasteiger charge is -2.33. The molecule has 31 heavy (non-hydrogen) atoms. The van der Waals surface area contributed by atoms with Crippen LogP contribution in [-0.4, -0.2) is 36.4 Å². The Labute approximate surface area is 188 Å². The molecule has 0 aromatic heterocycles. The van der Waals surface area contributed by atoms with Crippen LogP contribution in [0.1, 0.15) is 37.8 Å². The maximum Gasteiger partial charge on any atom is 0.282 e. The quantitative estimate of drug-likeness (QED) is 0.612. The van der Waals surface area contributed by atoms with Crippen molar-refractivity contribution >= 4 is 34.7 Å². The molecule has 2 aromatic rings. The molecule has 2 aliphatic heterocycles. The van der Waals surface area contributed by atoms with E-state index in [9.17, 15) is 9.59 Å². The van der Waals surface area contributed by atoms with Crippen molar-refractivity contribution in [2.75, 3.05) is 24.6 Å². The van der Waals surface area contributed by atoms with Gasteiger partial charge in [0.25, 0.3) is 11.8 Å². The first-order valence-electron chi connectivity index (χ1n) is 10.8. The van der Waals surface area contributed by atoms with E-state index in [1.54, 1.807) is 12.1 Å². The predicted molar refractivity (Wildman–Crippen MR) is 123 cm³/mol. The van der Waals surface area contributed by atoms with Crippen molar-refractivity contribution < 1.29 is 14.3 Å². The number of imide groups is 1. The Morgan fingerprint density at radius 2 is 1.84 bits per heavy atom. The van der Waals surface area contributed by atoms with Crippen LogP contribution in [0.3, 0.4) is 0 Å². The number of piperidine rings is 1.